The van der Waals surface area contributed by atoms with Crippen LogP contribution in [-0.4, -0.2) is 59.5 Å². The highest BCUT2D eigenvalue weighted by Gasteiger charge is 2.13. The number of halogens is 1. The van der Waals surface area contributed by atoms with E-state index in [4.69, 9.17) is 4.74 Å². The Kier molecular flexibility index (Phi) is 7.90. The van der Waals surface area contributed by atoms with Crippen LogP contribution in [0.4, 0.5) is 5.82 Å². The molecule has 1 amide bonds. The molecule has 2 aromatic rings. The number of aliphatic hydroxyl groups excluding tert-OH is 1. The van der Waals surface area contributed by atoms with Gasteiger partial charge < -0.3 is 15.2 Å². The number of likely N-dealkylation sites (N-methyl/N-ethyl adjacent to an activating group) is 1. The lowest BCUT2D eigenvalue weighted by molar-refractivity contribution is -0.117. The van der Waals surface area contributed by atoms with Crippen molar-refractivity contribution in [2.45, 2.75) is 13.0 Å². The molecule has 1 unspecified atom stereocenters. The van der Waals surface area contributed by atoms with Gasteiger partial charge in [0.25, 0.3) is 0 Å². The molecule has 27 heavy (non-hydrogen) atoms. The number of ether oxygens (including phenoxy) is 1. The number of rotatable bonds is 9. The minimum Gasteiger partial charge on any atom is -0.491 e. The maximum Gasteiger partial charge on any atom is 0.239 e. The van der Waals surface area contributed by atoms with Gasteiger partial charge in [-0.1, -0.05) is 0 Å². The summed E-state index contributed by atoms with van der Waals surface area (Å²) in [6.07, 6.45) is 0.838. The lowest BCUT2D eigenvalue weighted by atomic mass is 10.1. The SMILES string of the molecule is CC(=O)c1ccc(OCC(O)CN(C)CC(=O)Nc2ccc(Br)cn2)cc1. The molecule has 1 atom stereocenters. The summed E-state index contributed by atoms with van der Waals surface area (Å²) in [5.41, 5.74) is 0.605. The summed E-state index contributed by atoms with van der Waals surface area (Å²) in [5.74, 6) is 0.801. The third-order valence-corrected chi connectivity index (χ3v) is 4.10. The zero-order valence-corrected chi connectivity index (χ0v) is 16.8. The van der Waals surface area contributed by atoms with Crippen LogP contribution < -0.4 is 10.1 Å². The second-order valence-corrected chi connectivity index (χ2v) is 7.07. The first kappa shape index (κ1) is 21.0. The fraction of sp³-hybridized carbons (Fsp3) is 0.316. The Hall–Kier alpha value is -2.29. The van der Waals surface area contributed by atoms with Crippen molar-refractivity contribution in [1.82, 2.24) is 9.88 Å². The Morgan fingerprint density at radius 3 is 2.56 bits per heavy atom. The average Bonchev–Trinajstić information content (AvgIpc) is 2.62. The lowest BCUT2D eigenvalue weighted by Crippen LogP contribution is -2.37. The molecule has 0 radical (unpaired) electrons. The van der Waals surface area contributed by atoms with Gasteiger partial charge in [0.1, 0.15) is 24.3 Å². The normalized spacial score (nSPS) is 11.9. The lowest BCUT2D eigenvalue weighted by Gasteiger charge is -2.20. The molecule has 1 aromatic carbocycles. The number of Topliss-reactive ketones (excluding diaryl/α,β-unsaturated/α-hetero) is 1. The largest absolute Gasteiger partial charge is 0.491 e. The van der Waals surface area contributed by atoms with E-state index in [1.165, 1.54) is 6.92 Å². The Labute approximate surface area is 166 Å². The summed E-state index contributed by atoms with van der Waals surface area (Å²) < 4.78 is 6.34. The maximum atomic E-state index is 12.0. The van der Waals surface area contributed by atoms with Gasteiger partial charge in [-0.15, -0.1) is 0 Å². The van der Waals surface area contributed by atoms with Crippen molar-refractivity contribution in [1.29, 1.82) is 0 Å². The predicted molar refractivity (Wildman–Crippen MR) is 106 cm³/mol. The van der Waals surface area contributed by atoms with Gasteiger partial charge in [0.05, 0.1) is 6.54 Å². The molecule has 2 N–H and O–H groups in total. The first-order valence-corrected chi connectivity index (χ1v) is 9.14. The number of aliphatic hydroxyl groups is 1. The number of hydrogen-bond acceptors (Lipinski definition) is 6. The minimum atomic E-state index is -0.763. The first-order valence-electron chi connectivity index (χ1n) is 8.35. The third kappa shape index (κ3) is 7.46. The number of benzene rings is 1. The van der Waals surface area contributed by atoms with Crippen LogP contribution in [0.3, 0.4) is 0 Å². The molecule has 7 nitrogen and oxygen atoms in total. The van der Waals surface area contributed by atoms with Crippen LogP contribution in [0.1, 0.15) is 17.3 Å². The standard InChI is InChI=1S/C19H22BrN3O4/c1-13(24)14-3-6-17(7-4-14)27-12-16(25)10-23(2)11-19(26)22-18-8-5-15(20)9-21-18/h3-9,16,25H,10-12H2,1-2H3,(H,21,22,26). The molecule has 144 valence electrons. The molecule has 0 aliphatic rings. The van der Waals surface area contributed by atoms with Crippen molar-refractivity contribution in [2.75, 3.05) is 32.1 Å². The second-order valence-electron chi connectivity index (χ2n) is 6.15. The number of pyridine rings is 1. The van der Waals surface area contributed by atoms with Gasteiger partial charge >= 0.3 is 0 Å². The molecule has 2 rings (SSSR count). The smallest absolute Gasteiger partial charge is 0.239 e. The summed E-state index contributed by atoms with van der Waals surface area (Å²) in [7, 11) is 1.74. The van der Waals surface area contributed by atoms with Crippen LogP contribution in [0, 0.1) is 0 Å². The summed E-state index contributed by atoms with van der Waals surface area (Å²) in [5, 5.41) is 12.8. The van der Waals surface area contributed by atoms with Crippen molar-refractivity contribution in [3.05, 3.63) is 52.6 Å². The van der Waals surface area contributed by atoms with Crippen LogP contribution in [0.15, 0.2) is 47.1 Å². The molecular weight excluding hydrogens is 414 g/mol. The van der Waals surface area contributed by atoms with Gasteiger partial charge in [-0.25, -0.2) is 4.98 Å². The molecule has 0 fully saturated rings. The van der Waals surface area contributed by atoms with Crippen molar-refractivity contribution in [3.8, 4) is 5.75 Å². The van der Waals surface area contributed by atoms with Crippen molar-refractivity contribution in [2.24, 2.45) is 0 Å². The Bertz CT molecular complexity index is 766. The summed E-state index contributed by atoms with van der Waals surface area (Å²) in [4.78, 5) is 29.0. The van der Waals surface area contributed by atoms with Crippen LogP contribution in [0.2, 0.25) is 0 Å². The summed E-state index contributed by atoms with van der Waals surface area (Å²) in [6, 6.07) is 10.2. The second kappa shape index (κ2) is 10.1. The van der Waals surface area contributed by atoms with E-state index < -0.39 is 6.10 Å². The van der Waals surface area contributed by atoms with Crippen LogP contribution in [0.25, 0.3) is 0 Å². The van der Waals surface area contributed by atoms with Gasteiger partial charge in [0.2, 0.25) is 5.91 Å². The number of ketones is 1. The van der Waals surface area contributed by atoms with Crippen LogP contribution in [-0.2, 0) is 4.79 Å². The van der Waals surface area contributed by atoms with Crippen molar-refractivity contribution >= 4 is 33.4 Å². The number of carbonyl (C=O) groups excluding carboxylic acids is 2. The quantitative estimate of drug-likeness (QED) is 0.587. The van der Waals surface area contributed by atoms with Gasteiger partial charge in [0, 0.05) is 22.8 Å². The highest BCUT2D eigenvalue weighted by atomic mass is 79.9. The molecule has 0 aliphatic heterocycles. The van der Waals surface area contributed by atoms with Crippen molar-refractivity contribution < 1.29 is 19.4 Å². The minimum absolute atomic E-state index is 0.0141. The van der Waals surface area contributed by atoms with E-state index in [0.717, 1.165) is 4.47 Å². The number of anilines is 1. The first-order chi connectivity index (χ1) is 12.8. The summed E-state index contributed by atoms with van der Waals surface area (Å²) in [6.45, 7) is 1.97. The van der Waals surface area contributed by atoms with Gasteiger partial charge in [-0.3, -0.25) is 14.5 Å². The van der Waals surface area contributed by atoms with E-state index in [1.807, 2.05) is 0 Å². The monoisotopic (exact) mass is 435 g/mol. The van der Waals surface area contributed by atoms with E-state index in [0.29, 0.717) is 17.1 Å². The number of hydrogen-bond donors (Lipinski definition) is 2. The van der Waals surface area contributed by atoms with Crippen LogP contribution >= 0.6 is 15.9 Å². The molecule has 0 saturated heterocycles. The zero-order valence-electron chi connectivity index (χ0n) is 15.2. The topological polar surface area (TPSA) is 91.8 Å². The molecule has 8 heteroatoms. The highest BCUT2D eigenvalue weighted by Crippen LogP contribution is 2.13. The van der Waals surface area contributed by atoms with E-state index in [-0.39, 0.29) is 31.4 Å². The number of carbonyl (C=O) groups is 2. The summed E-state index contributed by atoms with van der Waals surface area (Å²) >= 11 is 3.28. The molecule has 1 aromatic heterocycles. The van der Waals surface area contributed by atoms with E-state index in [9.17, 15) is 14.7 Å². The third-order valence-electron chi connectivity index (χ3n) is 3.63. The van der Waals surface area contributed by atoms with Gasteiger partial charge in [-0.05, 0) is 66.3 Å². The number of aromatic nitrogens is 1. The predicted octanol–water partition coefficient (Wildman–Crippen LogP) is 2.36. The molecule has 1 heterocycles. The Balaban J connectivity index is 1.72. The Morgan fingerprint density at radius 2 is 1.96 bits per heavy atom. The number of amides is 1. The maximum absolute atomic E-state index is 12.0. The molecule has 0 aliphatic carbocycles. The van der Waals surface area contributed by atoms with Crippen molar-refractivity contribution in [3.63, 3.8) is 0 Å². The average molecular weight is 436 g/mol. The van der Waals surface area contributed by atoms with E-state index in [1.54, 1.807) is 54.5 Å². The fourth-order valence-corrected chi connectivity index (χ4v) is 2.57. The van der Waals surface area contributed by atoms with E-state index >= 15 is 0 Å². The number of nitrogens with one attached hydrogen (secondary N) is 1. The van der Waals surface area contributed by atoms with Gasteiger partial charge in [-0.2, -0.15) is 0 Å². The van der Waals surface area contributed by atoms with Crippen LogP contribution in [0.5, 0.6) is 5.75 Å². The number of nitrogens with zero attached hydrogens (tertiary/aromatic N) is 2. The van der Waals surface area contributed by atoms with E-state index in [2.05, 4.69) is 26.2 Å². The molecular formula is C19H22BrN3O4. The fourth-order valence-electron chi connectivity index (χ4n) is 2.33. The molecule has 0 spiro atoms. The molecule has 0 bridgehead atoms. The highest BCUT2D eigenvalue weighted by molar-refractivity contribution is 9.10. The Morgan fingerprint density at radius 1 is 1.26 bits per heavy atom. The van der Waals surface area contributed by atoms with Gasteiger partial charge in [0.15, 0.2) is 5.78 Å². The molecule has 0 saturated carbocycles. The zero-order chi connectivity index (χ0) is 19.8.